The van der Waals surface area contributed by atoms with E-state index in [1.807, 2.05) is 20.8 Å². The minimum atomic E-state index is -0.761. The molecule has 0 aromatic rings. The Morgan fingerprint density at radius 1 is 1.21 bits per heavy atom. The molecule has 19 heavy (non-hydrogen) atoms. The molecule has 0 unspecified atom stereocenters. The molecule has 1 aliphatic carbocycles. The van der Waals surface area contributed by atoms with E-state index in [2.05, 4.69) is 0 Å². The highest BCUT2D eigenvalue weighted by Crippen LogP contribution is 2.42. The van der Waals surface area contributed by atoms with Gasteiger partial charge in [0.1, 0.15) is 5.60 Å². The lowest BCUT2D eigenvalue weighted by atomic mass is 9.69. The third-order valence-electron chi connectivity index (χ3n) is 3.77. The molecule has 0 aromatic carbocycles. The normalized spacial score (nSPS) is 20.6. The van der Waals surface area contributed by atoms with Crippen molar-refractivity contribution in [2.75, 3.05) is 0 Å². The van der Waals surface area contributed by atoms with Crippen LogP contribution in [0.25, 0.3) is 0 Å². The van der Waals surface area contributed by atoms with E-state index < -0.39 is 17.0 Å². The van der Waals surface area contributed by atoms with Crippen LogP contribution in [0.4, 0.5) is 0 Å². The van der Waals surface area contributed by atoms with E-state index in [1.165, 1.54) is 0 Å². The molecule has 1 rings (SSSR count). The number of ether oxygens (including phenoxy) is 1. The minimum absolute atomic E-state index is 0.293. The smallest absolute Gasteiger partial charge is 0.309 e. The van der Waals surface area contributed by atoms with Gasteiger partial charge in [0.2, 0.25) is 0 Å². The lowest BCUT2D eigenvalue weighted by molar-refractivity contribution is -0.163. The fourth-order valence-corrected chi connectivity index (χ4v) is 2.81. The fourth-order valence-electron chi connectivity index (χ4n) is 2.81. The highest BCUT2D eigenvalue weighted by Gasteiger charge is 2.42. The molecule has 4 heteroatoms. The molecule has 4 nitrogen and oxygen atoms in total. The summed E-state index contributed by atoms with van der Waals surface area (Å²) in [6, 6.07) is 0. The maximum atomic E-state index is 12.0. The molecule has 0 aromatic heterocycles. The summed E-state index contributed by atoms with van der Waals surface area (Å²) in [6.07, 6.45) is 4.71. The van der Waals surface area contributed by atoms with Gasteiger partial charge in [-0.05, 0) is 40.0 Å². The van der Waals surface area contributed by atoms with Gasteiger partial charge in [-0.1, -0.05) is 26.2 Å². The topological polar surface area (TPSA) is 63.6 Å². The second-order valence-electron chi connectivity index (χ2n) is 6.78. The molecule has 1 fully saturated rings. The van der Waals surface area contributed by atoms with E-state index >= 15 is 0 Å². The Labute approximate surface area is 115 Å². The van der Waals surface area contributed by atoms with Crippen molar-refractivity contribution < 1.29 is 19.4 Å². The van der Waals surface area contributed by atoms with Crippen molar-refractivity contribution in [3.8, 4) is 0 Å². The SMILES string of the molecule is C[C@H](CC1(C(=O)O)CCCCC1)C(=O)OC(C)(C)C. The van der Waals surface area contributed by atoms with Crippen molar-refractivity contribution in [3.63, 3.8) is 0 Å². The first-order chi connectivity index (χ1) is 8.66. The lowest BCUT2D eigenvalue weighted by Crippen LogP contribution is -2.38. The first-order valence-electron chi connectivity index (χ1n) is 7.13. The van der Waals surface area contributed by atoms with Gasteiger partial charge in [0, 0.05) is 0 Å². The predicted molar refractivity (Wildman–Crippen MR) is 72.8 cm³/mol. The van der Waals surface area contributed by atoms with Crippen LogP contribution in [-0.4, -0.2) is 22.6 Å². The van der Waals surface area contributed by atoms with E-state index in [0.717, 1.165) is 19.3 Å². The van der Waals surface area contributed by atoms with Crippen LogP contribution in [-0.2, 0) is 14.3 Å². The number of carboxylic acids is 1. The molecule has 0 bridgehead atoms. The van der Waals surface area contributed by atoms with Gasteiger partial charge in [-0.3, -0.25) is 9.59 Å². The van der Waals surface area contributed by atoms with Crippen molar-refractivity contribution >= 4 is 11.9 Å². The van der Waals surface area contributed by atoms with E-state index in [4.69, 9.17) is 4.74 Å². The van der Waals surface area contributed by atoms with Gasteiger partial charge in [-0.15, -0.1) is 0 Å². The zero-order valence-electron chi connectivity index (χ0n) is 12.5. The van der Waals surface area contributed by atoms with Crippen LogP contribution < -0.4 is 0 Å². The van der Waals surface area contributed by atoms with Crippen LogP contribution in [0.5, 0.6) is 0 Å². The molecule has 1 aliphatic rings. The predicted octanol–water partition coefficient (Wildman–Crippen LogP) is 3.39. The molecular weight excluding hydrogens is 244 g/mol. The van der Waals surface area contributed by atoms with E-state index in [-0.39, 0.29) is 11.9 Å². The van der Waals surface area contributed by atoms with Crippen molar-refractivity contribution in [1.29, 1.82) is 0 Å². The third-order valence-corrected chi connectivity index (χ3v) is 3.77. The number of hydrogen-bond donors (Lipinski definition) is 1. The first-order valence-corrected chi connectivity index (χ1v) is 7.13. The molecule has 0 aliphatic heterocycles. The average molecular weight is 270 g/mol. The summed E-state index contributed by atoms with van der Waals surface area (Å²) in [7, 11) is 0. The van der Waals surface area contributed by atoms with Gasteiger partial charge in [-0.25, -0.2) is 0 Å². The second-order valence-corrected chi connectivity index (χ2v) is 6.78. The van der Waals surface area contributed by atoms with Crippen LogP contribution in [0.1, 0.15) is 66.2 Å². The summed E-state index contributed by atoms with van der Waals surface area (Å²) < 4.78 is 5.33. The fraction of sp³-hybridized carbons (Fsp3) is 0.867. The molecule has 0 heterocycles. The number of aliphatic carboxylic acids is 1. The Morgan fingerprint density at radius 3 is 2.16 bits per heavy atom. The standard InChI is InChI=1S/C15H26O4/c1-11(12(16)19-14(2,3)4)10-15(13(17)18)8-6-5-7-9-15/h11H,5-10H2,1-4H3,(H,17,18)/t11-/m1/s1. The maximum Gasteiger partial charge on any atom is 0.309 e. The maximum absolute atomic E-state index is 12.0. The van der Waals surface area contributed by atoms with Crippen LogP contribution in [0.3, 0.4) is 0 Å². The highest BCUT2D eigenvalue weighted by molar-refractivity contribution is 5.77. The van der Waals surface area contributed by atoms with Crippen LogP contribution in [0.15, 0.2) is 0 Å². The summed E-state index contributed by atoms with van der Waals surface area (Å²) in [5.74, 6) is -1.42. The lowest BCUT2D eigenvalue weighted by Gasteiger charge is -2.35. The van der Waals surface area contributed by atoms with Crippen LogP contribution in [0, 0.1) is 11.3 Å². The largest absolute Gasteiger partial charge is 0.481 e. The zero-order chi connectivity index (χ0) is 14.7. The van der Waals surface area contributed by atoms with Gasteiger partial charge in [0.25, 0.3) is 0 Å². The summed E-state index contributed by atoms with van der Waals surface area (Å²) in [6.45, 7) is 7.24. The van der Waals surface area contributed by atoms with Gasteiger partial charge in [-0.2, -0.15) is 0 Å². The summed E-state index contributed by atoms with van der Waals surface area (Å²) in [5, 5.41) is 9.50. The molecule has 110 valence electrons. The van der Waals surface area contributed by atoms with Crippen molar-refractivity contribution in [1.82, 2.24) is 0 Å². The third kappa shape index (κ3) is 4.51. The van der Waals surface area contributed by atoms with Crippen molar-refractivity contribution in [3.05, 3.63) is 0 Å². The zero-order valence-corrected chi connectivity index (χ0v) is 12.5. The molecule has 0 radical (unpaired) electrons. The monoisotopic (exact) mass is 270 g/mol. The first kappa shape index (κ1) is 16.0. The number of carbonyl (C=O) groups excluding carboxylic acids is 1. The second kappa shape index (κ2) is 5.93. The number of carboxylic acid groups (broad SMARTS) is 1. The van der Waals surface area contributed by atoms with Crippen LogP contribution in [0.2, 0.25) is 0 Å². The Morgan fingerprint density at radius 2 is 1.74 bits per heavy atom. The number of hydrogen-bond acceptors (Lipinski definition) is 3. The van der Waals surface area contributed by atoms with E-state index in [9.17, 15) is 14.7 Å². The Hall–Kier alpha value is -1.06. The van der Waals surface area contributed by atoms with Gasteiger partial charge in [0.15, 0.2) is 0 Å². The Kier molecular flexibility index (Phi) is 4.99. The van der Waals surface area contributed by atoms with Crippen LogP contribution >= 0.6 is 0 Å². The summed E-state index contributed by atoms with van der Waals surface area (Å²) in [4.78, 5) is 23.5. The number of carbonyl (C=O) groups is 2. The van der Waals surface area contributed by atoms with E-state index in [1.54, 1.807) is 6.92 Å². The molecular formula is C15H26O4. The van der Waals surface area contributed by atoms with Crippen molar-refractivity contribution in [2.45, 2.75) is 71.8 Å². The number of rotatable bonds is 4. The van der Waals surface area contributed by atoms with Gasteiger partial charge < -0.3 is 9.84 Å². The molecule has 0 spiro atoms. The summed E-state index contributed by atoms with van der Waals surface area (Å²) >= 11 is 0. The molecule has 0 amide bonds. The molecule has 1 N–H and O–H groups in total. The Balaban J connectivity index is 2.69. The summed E-state index contributed by atoms with van der Waals surface area (Å²) in [5.41, 5.74) is -1.25. The Bertz CT molecular complexity index is 335. The van der Waals surface area contributed by atoms with Crippen molar-refractivity contribution in [2.24, 2.45) is 11.3 Å². The molecule has 1 atom stereocenters. The number of esters is 1. The molecule has 1 saturated carbocycles. The van der Waals surface area contributed by atoms with Gasteiger partial charge >= 0.3 is 11.9 Å². The van der Waals surface area contributed by atoms with E-state index in [0.29, 0.717) is 19.3 Å². The van der Waals surface area contributed by atoms with Gasteiger partial charge in [0.05, 0.1) is 11.3 Å². The highest BCUT2D eigenvalue weighted by atomic mass is 16.6. The minimum Gasteiger partial charge on any atom is -0.481 e. The molecule has 0 saturated heterocycles. The average Bonchev–Trinajstić information content (AvgIpc) is 2.27. The quantitative estimate of drug-likeness (QED) is 0.795.